The summed E-state index contributed by atoms with van der Waals surface area (Å²) in [5.74, 6) is 0.0467. The van der Waals surface area contributed by atoms with Crippen molar-refractivity contribution in [1.29, 1.82) is 0 Å². The fraction of sp³-hybridized carbons (Fsp3) is 0.316. The van der Waals surface area contributed by atoms with E-state index in [0.717, 1.165) is 44.1 Å². The number of hydrogen-bond donors (Lipinski definition) is 2. The number of nitrogens with two attached hydrogens (primary N) is 1. The van der Waals surface area contributed by atoms with Gasteiger partial charge in [-0.15, -0.1) is 24.8 Å². The van der Waals surface area contributed by atoms with Crippen LogP contribution < -0.4 is 11.1 Å². The lowest BCUT2D eigenvalue weighted by Gasteiger charge is -2.34. The Morgan fingerprint density at radius 3 is 2.23 bits per heavy atom. The molecule has 1 aliphatic rings. The fourth-order valence-corrected chi connectivity index (χ4v) is 2.98. The zero-order valence-electron chi connectivity index (χ0n) is 14.6. The lowest BCUT2D eigenvalue weighted by molar-refractivity contribution is -0.117. The molecule has 2 aromatic carbocycles. The number of piperazine rings is 1. The first-order valence-corrected chi connectivity index (χ1v) is 8.33. The van der Waals surface area contributed by atoms with Gasteiger partial charge in [-0.25, -0.2) is 0 Å². The number of anilines is 2. The molecule has 1 saturated heterocycles. The lowest BCUT2D eigenvalue weighted by atomic mass is 10.2. The molecule has 1 fully saturated rings. The predicted octanol–water partition coefficient (Wildman–Crippen LogP) is 2.87. The molecule has 2 aromatic rings. The summed E-state index contributed by atoms with van der Waals surface area (Å²) in [6.07, 6.45) is 0. The molecule has 0 unspecified atom stereocenters. The van der Waals surface area contributed by atoms with Crippen molar-refractivity contribution in [2.45, 2.75) is 6.54 Å². The summed E-state index contributed by atoms with van der Waals surface area (Å²) in [7, 11) is 0. The molecule has 1 aliphatic heterocycles. The van der Waals surface area contributed by atoms with Crippen LogP contribution in [0.5, 0.6) is 0 Å². The maximum atomic E-state index is 12.1. The Balaban J connectivity index is 0.00000169. The van der Waals surface area contributed by atoms with Gasteiger partial charge in [-0.05, 0) is 29.8 Å². The Bertz CT molecular complexity index is 676. The third-order valence-electron chi connectivity index (χ3n) is 4.25. The zero-order chi connectivity index (χ0) is 16.8. The average molecular weight is 397 g/mol. The number of rotatable bonds is 5. The minimum atomic E-state index is 0. The molecule has 1 heterocycles. The van der Waals surface area contributed by atoms with Gasteiger partial charge in [0.15, 0.2) is 0 Å². The third-order valence-corrected chi connectivity index (χ3v) is 4.25. The summed E-state index contributed by atoms with van der Waals surface area (Å²) in [4.78, 5) is 16.7. The number of nitrogens with one attached hydrogen (secondary N) is 1. The van der Waals surface area contributed by atoms with E-state index in [1.807, 2.05) is 48.5 Å². The Morgan fingerprint density at radius 2 is 1.58 bits per heavy atom. The van der Waals surface area contributed by atoms with E-state index in [4.69, 9.17) is 5.73 Å². The lowest BCUT2D eigenvalue weighted by Crippen LogP contribution is -2.48. The summed E-state index contributed by atoms with van der Waals surface area (Å²) in [5.41, 5.74) is 8.73. The summed E-state index contributed by atoms with van der Waals surface area (Å²) < 4.78 is 0. The maximum Gasteiger partial charge on any atom is 0.238 e. The van der Waals surface area contributed by atoms with E-state index in [0.29, 0.717) is 6.54 Å². The topological polar surface area (TPSA) is 61.6 Å². The molecule has 3 rings (SSSR count). The van der Waals surface area contributed by atoms with Crippen LogP contribution in [0.15, 0.2) is 54.6 Å². The van der Waals surface area contributed by atoms with Gasteiger partial charge in [-0.2, -0.15) is 0 Å². The van der Waals surface area contributed by atoms with Crippen molar-refractivity contribution in [3.8, 4) is 0 Å². The minimum absolute atomic E-state index is 0. The molecule has 0 saturated carbocycles. The van der Waals surface area contributed by atoms with Crippen LogP contribution in [0, 0.1) is 0 Å². The number of carbonyl (C=O) groups is 1. The van der Waals surface area contributed by atoms with Crippen LogP contribution in [0.1, 0.15) is 5.56 Å². The Labute approximate surface area is 167 Å². The van der Waals surface area contributed by atoms with E-state index in [1.54, 1.807) is 0 Å². The van der Waals surface area contributed by atoms with Gasteiger partial charge in [-0.1, -0.05) is 30.3 Å². The van der Waals surface area contributed by atoms with Crippen molar-refractivity contribution >= 4 is 42.1 Å². The Hall–Kier alpha value is -1.79. The van der Waals surface area contributed by atoms with Crippen molar-refractivity contribution in [3.63, 3.8) is 0 Å². The maximum absolute atomic E-state index is 12.1. The van der Waals surface area contributed by atoms with Crippen molar-refractivity contribution in [2.75, 3.05) is 43.8 Å². The monoisotopic (exact) mass is 396 g/mol. The van der Waals surface area contributed by atoms with E-state index in [1.165, 1.54) is 5.56 Å². The molecule has 3 N–H and O–H groups in total. The van der Waals surface area contributed by atoms with E-state index in [9.17, 15) is 4.79 Å². The SMILES string of the molecule is Cl.Cl.Nc1cccc(CN2CCN(CC(=O)Nc3ccccc3)CC2)c1. The standard InChI is InChI=1S/C19H24N4O.2ClH/c20-17-6-4-5-16(13-17)14-22-9-11-23(12-10-22)15-19(24)21-18-7-2-1-3-8-18;;/h1-8,13H,9-12,14-15,20H2,(H,21,24);2*1H. The molecular weight excluding hydrogens is 371 g/mol. The second-order valence-electron chi connectivity index (χ2n) is 6.21. The molecule has 0 radical (unpaired) electrons. The Kier molecular flexibility index (Phi) is 9.44. The third kappa shape index (κ3) is 6.84. The number of para-hydroxylation sites is 1. The van der Waals surface area contributed by atoms with Gasteiger partial charge in [0.25, 0.3) is 0 Å². The predicted molar refractivity (Wildman–Crippen MR) is 112 cm³/mol. The van der Waals surface area contributed by atoms with Gasteiger partial charge < -0.3 is 11.1 Å². The van der Waals surface area contributed by atoms with Crippen LogP contribution in [0.3, 0.4) is 0 Å². The quantitative estimate of drug-likeness (QED) is 0.762. The number of carbonyl (C=O) groups excluding carboxylic acids is 1. The summed E-state index contributed by atoms with van der Waals surface area (Å²) in [6.45, 7) is 5.10. The highest BCUT2D eigenvalue weighted by Gasteiger charge is 2.19. The Morgan fingerprint density at radius 1 is 0.923 bits per heavy atom. The normalized spacial score (nSPS) is 14.8. The number of nitrogens with zero attached hydrogens (tertiary/aromatic N) is 2. The van der Waals surface area contributed by atoms with Gasteiger partial charge in [0.1, 0.15) is 0 Å². The number of amides is 1. The second kappa shape index (κ2) is 11.0. The van der Waals surface area contributed by atoms with Crippen LogP contribution in [-0.2, 0) is 11.3 Å². The summed E-state index contributed by atoms with van der Waals surface area (Å²) in [5, 5.41) is 2.94. The van der Waals surface area contributed by atoms with Crippen LogP contribution in [0.4, 0.5) is 11.4 Å². The van der Waals surface area contributed by atoms with E-state index in [-0.39, 0.29) is 30.7 Å². The smallest absolute Gasteiger partial charge is 0.238 e. The fourth-order valence-electron chi connectivity index (χ4n) is 2.98. The van der Waals surface area contributed by atoms with Crippen LogP contribution in [0.2, 0.25) is 0 Å². The number of halogens is 2. The first-order valence-electron chi connectivity index (χ1n) is 8.33. The van der Waals surface area contributed by atoms with Crippen molar-refractivity contribution < 1.29 is 4.79 Å². The molecule has 142 valence electrons. The molecule has 0 aromatic heterocycles. The number of nitrogen functional groups attached to an aromatic ring is 1. The number of benzene rings is 2. The molecule has 1 amide bonds. The summed E-state index contributed by atoms with van der Waals surface area (Å²) >= 11 is 0. The number of hydrogen-bond acceptors (Lipinski definition) is 4. The van der Waals surface area contributed by atoms with Crippen molar-refractivity contribution in [1.82, 2.24) is 9.80 Å². The van der Waals surface area contributed by atoms with Gasteiger partial charge in [-0.3, -0.25) is 14.6 Å². The van der Waals surface area contributed by atoms with Crippen molar-refractivity contribution in [2.24, 2.45) is 0 Å². The van der Waals surface area contributed by atoms with E-state index >= 15 is 0 Å². The summed E-state index contributed by atoms with van der Waals surface area (Å²) in [6, 6.07) is 17.6. The molecule has 5 nitrogen and oxygen atoms in total. The van der Waals surface area contributed by atoms with Crippen LogP contribution in [-0.4, -0.2) is 48.4 Å². The molecule has 0 bridgehead atoms. The first-order chi connectivity index (χ1) is 11.7. The largest absolute Gasteiger partial charge is 0.399 e. The highest BCUT2D eigenvalue weighted by molar-refractivity contribution is 5.92. The molecule has 0 spiro atoms. The van der Waals surface area contributed by atoms with Gasteiger partial charge in [0.05, 0.1) is 6.54 Å². The highest BCUT2D eigenvalue weighted by Crippen LogP contribution is 2.12. The molecule has 0 atom stereocenters. The molecular formula is C19H26Cl2N4O. The zero-order valence-corrected chi connectivity index (χ0v) is 16.3. The van der Waals surface area contributed by atoms with Crippen LogP contribution >= 0.6 is 24.8 Å². The molecule has 0 aliphatic carbocycles. The molecule has 26 heavy (non-hydrogen) atoms. The van der Waals surface area contributed by atoms with Crippen LogP contribution in [0.25, 0.3) is 0 Å². The van der Waals surface area contributed by atoms with E-state index in [2.05, 4.69) is 21.2 Å². The second-order valence-corrected chi connectivity index (χ2v) is 6.21. The average Bonchev–Trinajstić information content (AvgIpc) is 2.57. The highest BCUT2D eigenvalue weighted by atomic mass is 35.5. The van der Waals surface area contributed by atoms with Crippen molar-refractivity contribution in [3.05, 3.63) is 60.2 Å². The van der Waals surface area contributed by atoms with Gasteiger partial charge in [0.2, 0.25) is 5.91 Å². The first kappa shape index (κ1) is 22.3. The van der Waals surface area contributed by atoms with Gasteiger partial charge >= 0.3 is 0 Å². The molecule has 7 heteroatoms. The van der Waals surface area contributed by atoms with Gasteiger partial charge in [0, 0.05) is 44.1 Å². The minimum Gasteiger partial charge on any atom is -0.399 e. The van der Waals surface area contributed by atoms with E-state index < -0.39 is 0 Å².